The monoisotopic (exact) mass is 443 g/mol. The van der Waals surface area contributed by atoms with Crippen LogP contribution < -0.4 is 14.8 Å². The van der Waals surface area contributed by atoms with Crippen molar-refractivity contribution in [2.24, 2.45) is 5.41 Å². The van der Waals surface area contributed by atoms with Crippen LogP contribution in [0.25, 0.3) is 0 Å². The number of fused-ring (bicyclic) bond motifs is 1. The highest BCUT2D eigenvalue weighted by atomic mass is 16.7. The summed E-state index contributed by atoms with van der Waals surface area (Å²) in [5.41, 5.74) is 1.00. The SMILES string of the molecule is O=C(NCC1(CN2CCCC2)CCOCC1)C1CCC(=O)N1Cc1ccc2c(c1)OCO2. The van der Waals surface area contributed by atoms with Crippen LogP contribution in [0.4, 0.5) is 0 Å². The van der Waals surface area contributed by atoms with Crippen LogP contribution in [0.1, 0.15) is 44.1 Å². The second-order valence-electron chi connectivity index (χ2n) is 9.58. The van der Waals surface area contributed by atoms with Gasteiger partial charge in [0, 0.05) is 44.7 Å². The highest BCUT2D eigenvalue weighted by Gasteiger charge is 2.39. The van der Waals surface area contributed by atoms with Crippen LogP contribution >= 0.6 is 0 Å². The fraction of sp³-hybridized carbons (Fsp3) is 0.667. The van der Waals surface area contributed by atoms with Crippen LogP contribution in [0.15, 0.2) is 18.2 Å². The molecule has 3 saturated heterocycles. The molecular formula is C24H33N3O5. The molecule has 174 valence electrons. The van der Waals surface area contributed by atoms with Crippen molar-refractivity contribution in [3.8, 4) is 11.5 Å². The van der Waals surface area contributed by atoms with Crippen molar-refractivity contribution in [2.45, 2.75) is 51.1 Å². The van der Waals surface area contributed by atoms with Crippen molar-refractivity contribution in [3.63, 3.8) is 0 Å². The van der Waals surface area contributed by atoms with Gasteiger partial charge in [0.05, 0.1) is 0 Å². The number of ether oxygens (including phenoxy) is 3. The Hall–Kier alpha value is -2.32. The van der Waals surface area contributed by atoms with Crippen molar-refractivity contribution in [3.05, 3.63) is 23.8 Å². The van der Waals surface area contributed by atoms with Crippen molar-refractivity contribution >= 4 is 11.8 Å². The zero-order chi connectivity index (χ0) is 22.0. The minimum atomic E-state index is -0.420. The second kappa shape index (κ2) is 9.27. The largest absolute Gasteiger partial charge is 0.454 e. The normalized spacial score (nSPS) is 24.8. The van der Waals surface area contributed by atoms with Gasteiger partial charge in [-0.15, -0.1) is 0 Å². The summed E-state index contributed by atoms with van der Waals surface area (Å²) in [6, 6.07) is 5.27. The maximum Gasteiger partial charge on any atom is 0.242 e. The highest BCUT2D eigenvalue weighted by Crippen LogP contribution is 2.34. The van der Waals surface area contributed by atoms with Gasteiger partial charge in [-0.05, 0) is 62.9 Å². The van der Waals surface area contributed by atoms with Gasteiger partial charge in [-0.2, -0.15) is 0 Å². The number of amides is 2. The lowest BCUT2D eigenvalue weighted by Gasteiger charge is -2.40. The molecule has 0 radical (unpaired) electrons. The first kappa shape index (κ1) is 21.5. The van der Waals surface area contributed by atoms with Crippen LogP contribution in [0.3, 0.4) is 0 Å². The molecule has 2 amide bonds. The summed E-state index contributed by atoms with van der Waals surface area (Å²) in [6.45, 7) is 6.09. The summed E-state index contributed by atoms with van der Waals surface area (Å²) in [5.74, 6) is 1.40. The first-order chi connectivity index (χ1) is 15.6. The quantitative estimate of drug-likeness (QED) is 0.694. The van der Waals surface area contributed by atoms with E-state index in [0.29, 0.717) is 31.7 Å². The summed E-state index contributed by atoms with van der Waals surface area (Å²) in [6.07, 6.45) is 5.44. The van der Waals surface area contributed by atoms with Gasteiger partial charge in [0.1, 0.15) is 6.04 Å². The summed E-state index contributed by atoms with van der Waals surface area (Å²) in [7, 11) is 0. The summed E-state index contributed by atoms with van der Waals surface area (Å²) in [4.78, 5) is 30.0. The summed E-state index contributed by atoms with van der Waals surface area (Å²) < 4.78 is 16.4. The van der Waals surface area contributed by atoms with E-state index < -0.39 is 6.04 Å². The Labute approximate surface area is 189 Å². The molecule has 1 atom stereocenters. The average Bonchev–Trinajstić information content (AvgIpc) is 3.55. The Kier molecular flexibility index (Phi) is 6.24. The van der Waals surface area contributed by atoms with E-state index in [1.165, 1.54) is 12.8 Å². The molecule has 4 aliphatic rings. The molecule has 8 nitrogen and oxygen atoms in total. The Morgan fingerprint density at radius 3 is 2.72 bits per heavy atom. The molecule has 4 aliphatic heterocycles. The van der Waals surface area contributed by atoms with E-state index >= 15 is 0 Å². The molecular weight excluding hydrogens is 410 g/mol. The van der Waals surface area contributed by atoms with E-state index in [0.717, 1.165) is 57.0 Å². The zero-order valence-electron chi connectivity index (χ0n) is 18.6. The minimum absolute atomic E-state index is 0.0284. The lowest BCUT2D eigenvalue weighted by Crippen LogP contribution is -2.51. The topological polar surface area (TPSA) is 80.3 Å². The van der Waals surface area contributed by atoms with Crippen LogP contribution in [0, 0.1) is 5.41 Å². The molecule has 0 aromatic heterocycles. The number of likely N-dealkylation sites (tertiary alicyclic amines) is 2. The molecule has 0 spiro atoms. The van der Waals surface area contributed by atoms with E-state index in [-0.39, 0.29) is 24.0 Å². The van der Waals surface area contributed by atoms with Gasteiger partial charge in [-0.25, -0.2) is 0 Å². The number of carbonyl (C=O) groups excluding carboxylic acids is 2. The number of carbonyl (C=O) groups is 2. The van der Waals surface area contributed by atoms with Gasteiger partial charge in [0.25, 0.3) is 0 Å². The van der Waals surface area contributed by atoms with Gasteiger partial charge in [-0.1, -0.05) is 6.07 Å². The van der Waals surface area contributed by atoms with E-state index in [1.807, 2.05) is 18.2 Å². The van der Waals surface area contributed by atoms with E-state index in [9.17, 15) is 9.59 Å². The second-order valence-corrected chi connectivity index (χ2v) is 9.58. The molecule has 0 bridgehead atoms. The average molecular weight is 444 g/mol. The van der Waals surface area contributed by atoms with Gasteiger partial charge in [0.2, 0.25) is 18.6 Å². The third-order valence-corrected chi connectivity index (χ3v) is 7.37. The van der Waals surface area contributed by atoms with E-state index in [2.05, 4.69) is 10.2 Å². The Morgan fingerprint density at radius 1 is 1.12 bits per heavy atom. The number of hydrogen-bond acceptors (Lipinski definition) is 6. The number of benzene rings is 1. The van der Waals surface area contributed by atoms with E-state index in [4.69, 9.17) is 14.2 Å². The molecule has 5 rings (SSSR count). The predicted octanol–water partition coefficient (Wildman–Crippen LogP) is 1.92. The lowest BCUT2D eigenvalue weighted by molar-refractivity contribution is -0.136. The molecule has 1 aromatic carbocycles. The molecule has 1 unspecified atom stereocenters. The standard InChI is InChI=1S/C24H33N3O5/c28-22-6-4-19(27(22)14-18-3-5-20-21(13-18)32-17-31-20)23(29)25-15-24(7-11-30-12-8-24)16-26-9-1-2-10-26/h3,5,13,19H,1-2,4,6-12,14-17H2,(H,25,29). The van der Waals surface area contributed by atoms with Crippen molar-refractivity contribution in [2.75, 3.05) is 46.2 Å². The minimum Gasteiger partial charge on any atom is -0.454 e. The molecule has 3 fully saturated rings. The Balaban J connectivity index is 1.22. The highest BCUT2D eigenvalue weighted by molar-refractivity contribution is 5.90. The third-order valence-electron chi connectivity index (χ3n) is 7.37. The smallest absolute Gasteiger partial charge is 0.242 e. The third kappa shape index (κ3) is 4.57. The van der Waals surface area contributed by atoms with Crippen LogP contribution in [0.2, 0.25) is 0 Å². The van der Waals surface area contributed by atoms with Gasteiger partial charge in [0.15, 0.2) is 11.5 Å². The van der Waals surface area contributed by atoms with Gasteiger partial charge >= 0.3 is 0 Å². The molecule has 8 heteroatoms. The van der Waals surface area contributed by atoms with Gasteiger partial charge in [-0.3, -0.25) is 9.59 Å². The van der Waals surface area contributed by atoms with Crippen LogP contribution in [-0.2, 0) is 20.9 Å². The molecule has 32 heavy (non-hydrogen) atoms. The first-order valence-electron chi connectivity index (χ1n) is 11.9. The Morgan fingerprint density at radius 2 is 1.91 bits per heavy atom. The van der Waals surface area contributed by atoms with Crippen molar-refractivity contribution in [1.29, 1.82) is 0 Å². The van der Waals surface area contributed by atoms with Crippen LogP contribution in [0.5, 0.6) is 11.5 Å². The van der Waals surface area contributed by atoms with Crippen molar-refractivity contribution < 1.29 is 23.8 Å². The van der Waals surface area contributed by atoms with E-state index in [1.54, 1.807) is 4.90 Å². The van der Waals surface area contributed by atoms with Gasteiger partial charge < -0.3 is 29.3 Å². The molecule has 0 aliphatic carbocycles. The maximum atomic E-state index is 13.2. The number of nitrogens with zero attached hydrogens (tertiary/aromatic N) is 2. The molecule has 1 N–H and O–H groups in total. The Bertz CT molecular complexity index is 848. The fourth-order valence-electron chi connectivity index (χ4n) is 5.44. The predicted molar refractivity (Wildman–Crippen MR) is 117 cm³/mol. The maximum absolute atomic E-state index is 13.2. The summed E-state index contributed by atoms with van der Waals surface area (Å²) >= 11 is 0. The van der Waals surface area contributed by atoms with Crippen LogP contribution in [-0.4, -0.2) is 73.8 Å². The number of hydrogen-bond donors (Lipinski definition) is 1. The molecule has 0 saturated carbocycles. The molecule has 1 aromatic rings. The zero-order valence-corrected chi connectivity index (χ0v) is 18.6. The fourth-order valence-corrected chi connectivity index (χ4v) is 5.44. The number of rotatable bonds is 7. The molecule has 4 heterocycles. The summed E-state index contributed by atoms with van der Waals surface area (Å²) in [5, 5.41) is 3.23. The lowest BCUT2D eigenvalue weighted by atomic mass is 9.79. The first-order valence-corrected chi connectivity index (χ1v) is 11.9. The number of nitrogens with one attached hydrogen (secondary N) is 1. The van der Waals surface area contributed by atoms with Crippen molar-refractivity contribution in [1.82, 2.24) is 15.1 Å².